The van der Waals surface area contributed by atoms with Crippen LogP contribution in [-0.2, 0) is 11.3 Å². The summed E-state index contributed by atoms with van der Waals surface area (Å²) in [6.07, 6.45) is 2.80. The number of nitrogens with one attached hydrogen (secondary N) is 4. The second-order valence-electron chi connectivity index (χ2n) is 9.82. The van der Waals surface area contributed by atoms with Crippen molar-refractivity contribution in [2.75, 3.05) is 29.5 Å². The third kappa shape index (κ3) is 8.73. The van der Waals surface area contributed by atoms with Crippen LogP contribution in [0.25, 0.3) is 0 Å². The van der Waals surface area contributed by atoms with Crippen molar-refractivity contribution in [1.29, 1.82) is 0 Å². The maximum Gasteiger partial charge on any atom is 0.446 e. The van der Waals surface area contributed by atoms with Crippen molar-refractivity contribution in [3.63, 3.8) is 0 Å². The van der Waals surface area contributed by atoms with Gasteiger partial charge in [-0.3, -0.25) is 4.79 Å². The Morgan fingerprint density at radius 1 is 0.950 bits per heavy atom. The van der Waals surface area contributed by atoms with Crippen LogP contribution in [0.2, 0.25) is 0 Å². The molecule has 0 saturated heterocycles. The minimum atomic E-state index is -4.38. The van der Waals surface area contributed by atoms with Crippen LogP contribution in [0.3, 0.4) is 0 Å². The summed E-state index contributed by atoms with van der Waals surface area (Å²) in [4.78, 5) is 26.3. The first kappa shape index (κ1) is 29.4. The minimum absolute atomic E-state index is 0.0621. The number of aromatic nitrogens is 3. The molecule has 0 radical (unpaired) electrons. The van der Waals surface area contributed by atoms with Crippen LogP contribution in [-0.4, -0.2) is 46.0 Å². The van der Waals surface area contributed by atoms with Gasteiger partial charge in [-0.05, 0) is 60.6 Å². The summed E-state index contributed by atoms with van der Waals surface area (Å²) in [5, 5.41) is 12.5. The average molecular weight is 574 g/mol. The normalized spacial score (nSPS) is 18.0. The molecule has 0 spiro atoms. The molecule has 1 amide bonds. The highest BCUT2D eigenvalue weighted by Gasteiger charge is 2.31. The Morgan fingerprint density at radius 3 is 2.30 bits per heavy atom. The molecule has 1 heterocycles. The summed E-state index contributed by atoms with van der Waals surface area (Å²) in [6.45, 7) is 2.86. The number of rotatable bonds is 11. The Hall–Kier alpha value is -3.54. The zero-order valence-corrected chi connectivity index (χ0v) is 23.3. The molecule has 0 unspecified atom stereocenters. The first-order valence-corrected chi connectivity index (χ1v) is 14.1. The maximum absolute atomic E-state index is 12.9. The van der Waals surface area contributed by atoms with E-state index in [4.69, 9.17) is 0 Å². The molecule has 0 bridgehead atoms. The van der Waals surface area contributed by atoms with Crippen molar-refractivity contribution in [1.82, 2.24) is 20.3 Å². The molecule has 1 aliphatic rings. The maximum atomic E-state index is 12.9. The number of amides is 1. The lowest BCUT2D eigenvalue weighted by Crippen LogP contribution is -2.36. The van der Waals surface area contributed by atoms with Crippen LogP contribution < -0.4 is 21.3 Å². The summed E-state index contributed by atoms with van der Waals surface area (Å²) < 4.78 is 38.6. The van der Waals surface area contributed by atoms with E-state index in [0.29, 0.717) is 42.8 Å². The van der Waals surface area contributed by atoms with E-state index in [1.165, 1.54) is 11.6 Å². The minimum Gasteiger partial charge on any atom is -0.357 e. The highest BCUT2D eigenvalue weighted by Crippen LogP contribution is 2.38. The molecular weight excluding hydrogens is 539 g/mol. The van der Waals surface area contributed by atoms with Crippen LogP contribution in [0, 0.1) is 5.92 Å². The van der Waals surface area contributed by atoms with Crippen LogP contribution in [0.4, 0.5) is 31.0 Å². The summed E-state index contributed by atoms with van der Waals surface area (Å²) in [5.74, 6) is 1.32. The largest absolute Gasteiger partial charge is 0.446 e. The third-order valence-electron chi connectivity index (χ3n) is 6.88. The van der Waals surface area contributed by atoms with Gasteiger partial charge in [0.2, 0.25) is 23.8 Å². The predicted molar refractivity (Wildman–Crippen MR) is 152 cm³/mol. The van der Waals surface area contributed by atoms with Crippen LogP contribution in [0.5, 0.6) is 0 Å². The topological polar surface area (TPSA) is 104 Å². The number of halogens is 3. The number of carbonyl (C=O) groups excluding carboxylic acids is 1. The lowest BCUT2D eigenvalue weighted by Gasteiger charge is -2.28. The van der Waals surface area contributed by atoms with Crippen molar-refractivity contribution in [3.8, 4) is 0 Å². The van der Waals surface area contributed by atoms with E-state index in [2.05, 4.69) is 55.3 Å². The van der Waals surface area contributed by atoms with E-state index in [1.54, 1.807) is 25.2 Å². The molecule has 214 valence electrons. The Labute approximate surface area is 236 Å². The number of nitrogens with zero attached hydrogens (tertiary/aromatic N) is 3. The smallest absolute Gasteiger partial charge is 0.357 e. The lowest BCUT2D eigenvalue weighted by molar-refractivity contribution is -0.126. The molecule has 1 saturated carbocycles. The molecule has 12 heteroatoms. The Kier molecular flexibility index (Phi) is 10.1. The molecule has 4 N–H and O–H groups in total. The molecule has 1 aliphatic carbocycles. The van der Waals surface area contributed by atoms with Gasteiger partial charge in [-0.2, -0.15) is 28.1 Å². The predicted octanol–water partition coefficient (Wildman–Crippen LogP) is 6.03. The lowest BCUT2D eigenvalue weighted by atomic mass is 9.85. The van der Waals surface area contributed by atoms with Crippen LogP contribution in [0.1, 0.15) is 49.7 Å². The number of benzene rings is 2. The van der Waals surface area contributed by atoms with Gasteiger partial charge < -0.3 is 21.3 Å². The van der Waals surface area contributed by atoms with E-state index in [9.17, 15) is 18.0 Å². The number of alkyl halides is 3. The molecule has 1 atom stereocenters. The number of anilines is 3. The van der Waals surface area contributed by atoms with E-state index in [-0.39, 0.29) is 47.0 Å². The molecule has 2 aromatic carbocycles. The van der Waals surface area contributed by atoms with Gasteiger partial charge in [0.25, 0.3) is 0 Å². The fourth-order valence-corrected chi connectivity index (χ4v) is 5.33. The SMILES string of the molecule is CNc1nc(NC[C@H](C)c2ccccc2)nc(N[C@H]2CC[C@@H](C(=O)NCc3ccccc3SC(F)(F)F)CC2)n1. The van der Waals surface area contributed by atoms with Gasteiger partial charge >= 0.3 is 5.51 Å². The fraction of sp³-hybridized carbons (Fsp3) is 0.429. The third-order valence-corrected chi connectivity index (χ3v) is 7.73. The Morgan fingerprint density at radius 2 is 1.60 bits per heavy atom. The molecule has 4 rings (SSSR count). The quantitative estimate of drug-likeness (QED) is 0.206. The molecule has 0 aliphatic heterocycles. The van der Waals surface area contributed by atoms with E-state index < -0.39 is 5.51 Å². The second kappa shape index (κ2) is 13.7. The number of hydrogen-bond acceptors (Lipinski definition) is 8. The molecule has 1 fully saturated rings. The van der Waals surface area contributed by atoms with Crippen LogP contribution in [0.15, 0.2) is 59.5 Å². The average Bonchev–Trinajstić information content (AvgIpc) is 2.95. The van der Waals surface area contributed by atoms with Gasteiger partial charge in [0.15, 0.2) is 0 Å². The zero-order chi connectivity index (χ0) is 28.5. The van der Waals surface area contributed by atoms with Gasteiger partial charge in [0.05, 0.1) is 0 Å². The highest BCUT2D eigenvalue weighted by atomic mass is 32.2. The standard InChI is InChI=1S/C28H34F3N7OS/c1-18(19-8-4-3-5-9-19)16-34-26-36-25(32-2)37-27(38-26)35-22-14-12-20(13-15-22)24(39)33-17-21-10-6-7-11-23(21)40-28(29,30)31/h3-11,18,20,22H,12-17H2,1-2H3,(H,33,39)(H3,32,34,35,36,37,38)/t18-,20-,22+/m0/s1. The number of carbonyl (C=O) groups is 1. The van der Waals surface area contributed by atoms with E-state index >= 15 is 0 Å². The van der Waals surface area contributed by atoms with Gasteiger partial charge in [-0.25, -0.2) is 0 Å². The summed E-state index contributed by atoms with van der Waals surface area (Å²) >= 11 is -0.162. The van der Waals surface area contributed by atoms with Gasteiger partial charge in [0, 0.05) is 37.0 Å². The Balaban J connectivity index is 1.27. The fourth-order valence-electron chi connectivity index (χ4n) is 4.66. The first-order chi connectivity index (χ1) is 19.2. The molecule has 8 nitrogen and oxygen atoms in total. The molecular formula is C28H34F3N7OS. The molecule has 40 heavy (non-hydrogen) atoms. The Bertz CT molecular complexity index is 1250. The number of hydrogen-bond donors (Lipinski definition) is 4. The summed E-state index contributed by atoms with van der Waals surface area (Å²) in [7, 11) is 1.75. The van der Waals surface area contributed by atoms with Crippen molar-refractivity contribution in [2.24, 2.45) is 5.92 Å². The van der Waals surface area contributed by atoms with Gasteiger partial charge in [-0.1, -0.05) is 55.5 Å². The molecule has 3 aromatic rings. The van der Waals surface area contributed by atoms with E-state index in [1.807, 2.05) is 18.2 Å². The van der Waals surface area contributed by atoms with Gasteiger partial charge in [0.1, 0.15) is 0 Å². The van der Waals surface area contributed by atoms with Crippen molar-refractivity contribution >= 4 is 35.5 Å². The summed E-state index contributed by atoms with van der Waals surface area (Å²) in [5.41, 5.74) is -2.71. The van der Waals surface area contributed by atoms with Crippen molar-refractivity contribution < 1.29 is 18.0 Å². The summed E-state index contributed by atoms with van der Waals surface area (Å²) in [6, 6.07) is 16.6. The number of thioether (sulfide) groups is 1. The van der Waals surface area contributed by atoms with Crippen molar-refractivity contribution in [2.45, 2.75) is 61.5 Å². The highest BCUT2D eigenvalue weighted by molar-refractivity contribution is 8.00. The zero-order valence-electron chi connectivity index (χ0n) is 22.5. The first-order valence-electron chi connectivity index (χ1n) is 13.3. The molecule has 1 aromatic heterocycles. The van der Waals surface area contributed by atoms with Gasteiger partial charge in [-0.15, -0.1) is 0 Å². The van der Waals surface area contributed by atoms with Crippen LogP contribution >= 0.6 is 11.8 Å². The monoisotopic (exact) mass is 573 g/mol. The van der Waals surface area contributed by atoms with E-state index in [0.717, 1.165) is 12.8 Å². The second-order valence-corrected chi connectivity index (χ2v) is 10.9. The van der Waals surface area contributed by atoms with Crippen molar-refractivity contribution in [3.05, 3.63) is 65.7 Å².